The molecule has 0 unspecified atom stereocenters. The fourth-order valence-electron chi connectivity index (χ4n) is 5.10. The lowest BCUT2D eigenvalue weighted by Gasteiger charge is -2.41. The number of piperidine rings is 1. The Hall–Kier alpha value is -3.10. The van der Waals surface area contributed by atoms with E-state index >= 15 is 0 Å². The van der Waals surface area contributed by atoms with Crippen LogP contribution in [-0.2, 0) is 9.59 Å². The van der Waals surface area contributed by atoms with Gasteiger partial charge in [0, 0.05) is 44.1 Å². The largest absolute Gasteiger partial charge is 0.476 e. The van der Waals surface area contributed by atoms with Crippen molar-refractivity contribution in [3.63, 3.8) is 0 Å². The fraction of sp³-hybridized carbons (Fsp3) is 0.630. The first kappa shape index (κ1) is 27.5. The number of anilines is 1. The molecule has 0 aliphatic carbocycles. The van der Waals surface area contributed by atoms with Crippen molar-refractivity contribution in [1.82, 2.24) is 9.80 Å². The summed E-state index contributed by atoms with van der Waals surface area (Å²) in [7, 11) is 0. The highest BCUT2D eigenvalue weighted by molar-refractivity contribution is 6.05. The number of fused-ring (bicyclic) bond motifs is 1. The standard InChI is InChI=1S/C27H39N3O6/c1-7-20(31)11-9-13-29-22-15-21(18(4)14-23(22)36-27(5,6)25(29)33)24(32)30(17(2)3)19-10-8-12-28(16-19)26(34)35/h14-15,17,19H,7-13,16H2,1-6H3,(H,34,35)/t19-/m1/s1. The number of aryl methyl sites for hydroxylation is 1. The van der Waals surface area contributed by atoms with Crippen molar-refractivity contribution in [3.05, 3.63) is 23.3 Å². The van der Waals surface area contributed by atoms with E-state index in [2.05, 4.69) is 0 Å². The first-order valence-corrected chi connectivity index (χ1v) is 12.8. The van der Waals surface area contributed by atoms with Crippen LogP contribution in [0.5, 0.6) is 5.75 Å². The monoisotopic (exact) mass is 501 g/mol. The molecule has 0 bridgehead atoms. The molecule has 1 aromatic rings. The van der Waals surface area contributed by atoms with E-state index in [1.54, 1.807) is 35.8 Å². The number of ether oxygens (including phenoxy) is 1. The van der Waals surface area contributed by atoms with Crippen LogP contribution in [0.15, 0.2) is 12.1 Å². The number of carbonyl (C=O) groups excluding carboxylic acids is 3. The molecule has 0 radical (unpaired) electrons. The Labute approximate surface area is 213 Å². The third kappa shape index (κ3) is 5.65. The zero-order chi connectivity index (χ0) is 26.8. The third-order valence-electron chi connectivity index (χ3n) is 7.04. The second-order valence-corrected chi connectivity index (χ2v) is 10.5. The van der Waals surface area contributed by atoms with Crippen molar-refractivity contribution in [2.45, 2.75) is 91.3 Å². The van der Waals surface area contributed by atoms with Gasteiger partial charge < -0.3 is 24.5 Å². The summed E-state index contributed by atoms with van der Waals surface area (Å²) in [6.07, 6.45) is 1.82. The zero-order valence-corrected chi connectivity index (χ0v) is 22.3. The maximum absolute atomic E-state index is 13.9. The molecule has 1 aromatic carbocycles. The molecule has 0 spiro atoms. The molecule has 2 aliphatic rings. The van der Waals surface area contributed by atoms with Crippen molar-refractivity contribution in [1.29, 1.82) is 0 Å². The average molecular weight is 502 g/mol. The SMILES string of the molecule is CCC(=O)CCCN1C(=O)C(C)(C)Oc2cc(C)c(C(=O)N(C(C)C)[C@@H]3CCCN(C(=O)O)C3)cc21. The summed E-state index contributed by atoms with van der Waals surface area (Å²) in [6.45, 7) is 12.0. The third-order valence-corrected chi connectivity index (χ3v) is 7.04. The minimum atomic E-state index is -1.06. The Morgan fingerprint density at radius 1 is 1.25 bits per heavy atom. The number of ketones is 1. The molecule has 36 heavy (non-hydrogen) atoms. The Balaban J connectivity index is 1.96. The van der Waals surface area contributed by atoms with E-state index in [0.717, 1.165) is 12.0 Å². The highest BCUT2D eigenvalue weighted by atomic mass is 16.5. The molecular formula is C27H39N3O6. The van der Waals surface area contributed by atoms with Gasteiger partial charge in [-0.05, 0) is 71.6 Å². The van der Waals surface area contributed by atoms with Gasteiger partial charge in [-0.2, -0.15) is 0 Å². The molecular weight excluding hydrogens is 462 g/mol. The van der Waals surface area contributed by atoms with Gasteiger partial charge in [0.2, 0.25) is 0 Å². The Bertz CT molecular complexity index is 1030. The summed E-state index contributed by atoms with van der Waals surface area (Å²) >= 11 is 0. The van der Waals surface area contributed by atoms with Crippen LogP contribution in [0.25, 0.3) is 0 Å². The van der Waals surface area contributed by atoms with Crippen LogP contribution < -0.4 is 9.64 Å². The van der Waals surface area contributed by atoms with Gasteiger partial charge in [-0.3, -0.25) is 14.4 Å². The lowest BCUT2D eigenvalue weighted by Crippen LogP contribution is -2.54. The van der Waals surface area contributed by atoms with E-state index in [1.807, 2.05) is 27.7 Å². The molecule has 2 aliphatic heterocycles. The quantitative estimate of drug-likeness (QED) is 0.571. The molecule has 3 rings (SSSR count). The number of nitrogens with zero attached hydrogens (tertiary/aromatic N) is 3. The number of Topliss-reactive ketones (excluding diaryl/α,β-unsaturated/α-hetero) is 1. The molecule has 1 atom stereocenters. The minimum Gasteiger partial charge on any atom is -0.476 e. The van der Waals surface area contributed by atoms with Gasteiger partial charge >= 0.3 is 6.09 Å². The van der Waals surface area contributed by atoms with Crippen molar-refractivity contribution < 1.29 is 29.0 Å². The van der Waals surface area contributed by atoms with Crippen LogP contribution in [0.4, 0.5) is 10.5 Å². The lowest BCUT2D eigenvalue weighted by molar-refractivity contribution is -0.132. The minimum absolute atomic E-state index is 0.139. The molecule has 198 valence electrons. The first-order chi connectivity index (χ1) is 16.9. The molecule has 0 aromatic heterocycles. The smallest absolute Gasteiger partial charge is 0.407 e. The van der Waals surface area contributed by atoms with Crippen LogP contribution in [0.1, 0.15) is 82.6 Å². The van der Waals surface area contributed by atoms with E-state index in [-0.39, 0.29) is 36.2 Å². The van der Waals surface area contributed by atoms with Crippen molar-refractivity contribution in [2.24, 2.45) is 0 Å². The fourth-order valence-corrected chi connectivity index (χ4v) is 5.10. The van der Waals surface area contributed by atoms with Crippen molar-refractivity contribution >= 4 is 29.4 Å². The maximum atomic E-state index is 13.9. The van der Waals surface area contributed by atoms with Crippen LogP contribution in [0, 0.1) is 6.92 Å². The van der Waals surface area contributed by atoms with E-state index < -0.39 is 11.7 Å². The molecule has 1 N–H and O–H groups in total. The number of benzene rings is 1. The lowest BCUT2D eigenvalue weighted by atomic mass is 9.97. The van der Waals surface area contributed by atoms with Gasteiger partial charge in [0.1, 0.15) is 11.5 Å². The number of hydrogen-bond donors (Lipinski definition) is 1. The number of carboxylic acid groups (broad SMARTS) is 1. The van der Waals surface area contributed by atoms with Gasteiger partial charge in [0.05, 0.1) is 11.7 Å². The molecule has 9 heteroatoms. The topological polar surface area (TPSA) is 107 Å². The van der Waals surface area contributed by atoms with Gasteiger partial charge in [-0.1, -0.05) is 6.92 Å². The maximum Gasteiger partial charge on any atom is 0.407 e. The Kier molecular flexibility index (Phi) is 8.31. The van der Waals surface area contributed by atoms with Crippen LogP contribution in [0.2, 0.25) is 0 Å². The normalized spacial score (nSPS) is 19.1. The van der Waals surface area contributed by atoms with Crippen molar-refractivity contribution in [2.75, 3.05) is 24.5 Å². The molecule has 1 fully saturated rings. The molecule has 1 saturated heterocycles. The predicted molar refractivity (Wildman–Crippen MR) is 137 cm³/mol. The number of hydrogen-bond acceptors (Lipinski definition) is 5. The summed E-state index contributed by atoms with van der Waals surface area (Å²) in [5, 5.41) is 9.48. The van der Waals surface area contributed by atoms with Crippen LogP contribution in [0.3, 0.4) is 0 Å². The summed E-state index contributed by atoms with van der Waals surface area (Å²) in [6, 6.07) is 3.14. The summed E-state index contributed by atoms with van der Waals surface area (Å²) in [5.74, 6) is 0.263. The summed E-state index contributed by atoms with van der Waals surface area (Å²) in [4.78, 5) is 55.3. The summed E-state index contributed by atoms with van der Waals surface area (Å²) < 4.78 is 6.04. The molecule has 2 heterocycles. The second-order valence-electron chi connectivity index (χ2n) is 10.5. The highest BCUT2D eigenvalue weighted by Crippen LogP contribution is 2.40. The van der Waals surface area contributed by atoms with Crippen LogP contribution in [-0.4, -0.2) is 75.9 Å². The number of amides is 3. The highest BCUT2D eigenvalue weighted by Gasteiger charge is 2.42. The van der Waals surface area contributed by atoms with E-state index in [0.29, 0.717) is 55.8 Å². The van der Waals surface area contributed by atoms with Crippen LogP contribution >= 0.6 is 0 Å². The summed E-state index contributed by atoms with van der Waals surface area (Å²) in [5.41, 5.74) is 0.644. The van der Waals surface area contributed by atoms with Gasteiger partial charge in [-0.25, -0.2) is 4.79 Å². The predicted octanol–water partition coefficient (Wildman–Crippen LogP) is 4.25. The number of rotatable bonds is 8. The van der Waals surface area contributed by atoms with Gasteiger partial charge in [0.15, 0.2) is 5.60 Å². The zero-order valence-electron chi connectivity index (χ0n) is 22.3. The Morgan fingerprint density at radius 3 is 2.56 bits per heavy atom. The van der Waals surface area contributed by atoms with E-state index in [4.69, 9.17) is 4.74 Å². The van der Waals surface area contributed by atoms with Gasteiger partial charge in [0.25, 0.3) is 11.8 Å². The number of likely N-dealkylation sites (tertiary alicyclic amines) is 1. The average Bonchev–Trinajstić information content (AvgIpc) is 2.80. The second kappa shape index (κ2) is 10.9. The molecule has 9 nitrogen and oxygen atoms in total. The van der Waals surface area contributed by atoms with Crippen molar-refractivity contribution in [3.8, 4) is 5.75 Å². The van der Waals surface area contributed by atoms with E-state index in [1.165, 1.54) is 4.90 Å². The number of carbonyl (C=O) groups is 4. The van der Waals surface area contributed by atoms with E-state index in [9.17, 15) is 24.3 Å². The molecule has 0 saturated carbocycles. The van der Waals surface area contributed by atoms with Gasteiger partial charge in [-0.15, -0.1) is 0 Å². The first-order valence-electron chi connectivity index (χ1n) is 12.8. The molecule has 3 amide bonds. The Morgan fingerprint density at radius 2 is 1.94 bits per heavy atom.